The van der Waals surface area contributed by atoms with Crippen LogP contribution in [0.5, 0.6) is 0 Å². The predicted molar refractivity (Wildman–Crippen MR) is 511 cm³/mol. The monoisotopic (exact) mass is 2090 g/mol. The summed E-state index contributed by atoms with van der Waals surface area (Å²) in [6.07, 6.45) is -34.1. The molecule has 3 aromatic heterocycles. The van der Waals surface area contributed by atoms with E-state index in [4.69, 9.17) is 5.73 Å². The van der Waals surface area contributed by atoms with Crippen molar-refractivity contribution in [2.24, 2.45) is 29.6 Å². The van der Waals surface area contributed by atoms with E-state index < -0.39 is 358 Å². The van der Waals surface area contributed by atoms with Crippen molar-refractivity contribution < 1.29 is 179 Å². The quantitative estimate of drug-likeness (QED) is 0.00744. The average Bonchev–Trinajstić information content (AvgIpc) is 0.806. The van der Waals surface area contributed by atoms with E-state index in [9.17, 15) is 174 Å². The Morgan fingerprint density at radius 1 is 0.469 bits per heavy atom. The van der Waals surface area contributed by atoms with Crippen molar-refractivity contribution in [2.45, 2.75) is 245 Å². The van der Waals surface area contributed by atoms with E-state index in [0.717, 1.165) is 27.2 Å². The number of nitrogens with zero attached hydrogens (tertiary/aromatic N) is 5. The Balaban J connectivity index is 1.45. The number of carbonyl (C=O) groups is 15. The molecule has 802 valence electrons. The highest BCUT2D eigenvalue weighted by atomic mass is 33.1. The molecule has 145 heavy (non-hydrogen) atoms. The Bertz CT molecular complexity index is 5110. The van der Waals surface area contributed by atoms with Crippen LogP contribution in [-0.4, -0.2) is 388 Å². The number of fused-ring (bicyclic) bond motifs is 1. The molecular weight excluding hydrogens is 1960 g/mol. The lowest BCUT2D eigenvalue weighted by Crippen LogP contribution is -2.50. The first kappa shape index (κ1) is 124. The van der Waals surface area contributed by atoms with Gasteiger partial charge in [0, 0.05) is 130 Å². The number of H-pyrrole nitrogens is 1. The van der Waals surface area contributed by atoms with E-state index in [1.807, 2.05) is 44.2 Å². The van der Waals surface area contributed by atoms with Gasteiger partial charge in [-0.05, 0) is 99.6 Å². The normalized spacial score (nSPS) is 15.9. The number of carboxylic acid groups (broad SMARTS) is 4. The zero-order chi connectivity index (χ0) is 108. The molecule has 5 rings (SSSR count). The lowest BCUT2D eigenvalue weighted by atomic mass is 9.74. The summed E-state index contributed by atoms with van der Waals surface area (Å²) in [6, 6.07) is 6.83. The van der Waals surface area contributed by atoms with Crippen LogP contribution in [0, 0.1) is 29.6 Å². The van der Waals surface area contributed by atoms with Gasteiger partial charge in [-0.3, -0.25) is 77.1 Å². The number of aliphatic hydroxyl groups is 15. The maximum absolute atomic E-state index is 15.1. The minimum absolute atomic E-state index is 0.000497. The maximum Gasteiger partial charge on any atom is 0.469 e. The van der Waals surface area contributed by atoms with Crippen LogP contribution in [0.4, 0.5) is 11.6 Å². The minimum atomic E-state index is -2.25. The number of amides is 7. The van der Waals surface area contributed by atoms with Gasteiger partial charge in [0.25, 0.3) is 11.5 Å². The number of rotatable bonds is 73. The molecule has 56 heteroatoms. The molecule has 53 nitrogen and oxygen atoms in total. The number of aliphatic hydroxyl groups excluding tert-OH is 15. The number of hydrogen-bond acceptors (Lipinski definition) is 43. The van der Waals surface area contributed by atoms with Crippen molar-refractivity contribution in [1.82, 2.24) is 72.4 Å². The number of aromatic nitrogens is 6. The molecule has 0 bridgehead atoms. The number of nitrogens with two attached hydrogens (primary N) is 1. The zero-order valence-corrected chi connectivity index (χ0v) is 80.7. The van der Waals surface area contributed by atoms with Gasteiger partial charge in [-0.2, -0.15) is 4.98 Å². The molecule has 0 spiro atoms. The van der Waals surface area contributed by atoms with Gasteiger partial charge in [-0.25, -0.2) is 24.5 Å². The molecule has 0 radical (unpaired) electrons. The number of carbonyl (C=O) groups excluding carboxylic acids is 11. The van der Waals surface area contributed by atoms with Crippen LogP contribution in [0.1, 0.15) is 161 Å². The first-order chi connectivity index (χ1) is 68.5. The number of benzene rings is 2. The number of Topliss-reactive ketones (excluding diaryl/α,β-unsaturated/α-hetero) is 4. The highest BCUT2D eigenvalue weighted by Crippen LogP contribution is 2.29. The van der Waals surface area contributed by atoms with Crippen molar-refractivity contribution in [3.63, 3.8) is 0 Å². The zero-order valence-electron chi connectivity index (χ0n) is 79.1. The van der Waals surface area contributed by atoms with Crippen LogP contribution >= 0.6 is 21.6 Å². The van der Waals surface area contributed by atoms with E-state index >= 15 is 9.59 Å². The van der Waals surface area contributed by atoms with Gasteiger partial charge < -0.3 is 161 Å². The third kappa shape index (κ3) is 44.2. The topological polar surface area (TPSA) is 912 Å². The van der Waals surface area contributed by atoms with Gasteiger partial charge in [0.1, 0.15) is 78.5 Å². The largest absolute Gasteiger partial charge is 0.481 e. The molecule has 7 amide bonds. The van der Waals surface area contributed by atoms with Gasteiger partial charge in [0.2, 0.25) is 41.4 Å². The van der Waals surface area contributed by atoms with Crippen LogP contribution in [0.15, 0.2) is 78.0 Å². The molecule has 2 aromatic carbocycles. The fraction of sp³-hybridized carbons (Fsp3) is 0.584. The number of nitrogen functional groups attached to an aromatic ring is 1. The van der Waals surface area contributed by atoms with E-state index in [-0.39, 0.29) is 76.9 Å². The summed E-state index contributed by atoms with van der Waals surface area (Å²) in [5, 5.41) is 234. The Labute approximate surface area is 836 Å². The number of aliphatic carboxylic acids is 4. The van der Waals surface area contributed by atoms with Gasteiger partial charge in [0.05, 0.1) is 86.7 Å². The molecule has 0 aliphatic heterocycles. The highest BCUT2D eigenvalue weighted by molar-refractivity contribution is 8.76. The number of carboxylic acids is 4. The average molecular weight is 2090 g/mol. The fourth-order valence-electron chi connectivity index (χ4n) is 14.5. The van der Waals surface area contributed by atoms with Crippen molar-refractivity contribution >= 4 is 140 Å². The summed E-state index contributed by atoms with van der Waals surface area (Å²) >= 11 is 0. The smallest absolute Gasteiger partial charge is 0.469 e. The Hall–Kier alpha value is -11.8. The molecule has 21 atom stereocenters. The maximum atomic E-state index is 15.1. The van der Waals surface area contributed by atoms with Crippen molar-refractivity contribution in [3.05, 3.63) is 112 Å². The minimum Gasteiger partial charge on any atom is -0.481 e. The summed E-state index contributed by atoms with van der Waals surface area (Å²) in [6.45, 7) is -1.94. The molecule has 0 aliphatic carbocycles. The van der Waals surface area contributed by atoms with Crippen LogP contribution < -0.4 is 59.1 Å². The third-order valence-corrected chi connectivity index (χ3v) is 25.3. The fourth-order valence-corrected chi connectivity index (χ4v) is 16.6. The molecule has 33 N–H and O–H groups in total. The van der Waals surface area contributed by atoms with E-state index in [2.05, 4.69) is 77.8 Å². The first-order valence-electron chi connectivity index (χ1n) is 46.1. The van der Waals surface area contributed by atoms with Crippen molar-refractivity contribution in [2.75, 3.05) is 62.8 Å². The molecule has 0 saturated carbocycles. The number of aromatic amines is 1. The van der Waals surface area contributed by atoms with E-state index in [0.29, 0.717) is 24.2 Å². The second kappa shape index (κ2) is 63.6. The predicted octanol–water partition coefficient (Wildman–Crippen LogP) is -8.32. The Kier molecular flexibility index (Phi) is 54.3. The molecule has 0 unspecified atom stereocenters. The summed E-state index contributed by atoms with van der Waals surface area (Å²) < 4.78 is 0. The second-order valence-electron chi connectivity index (χ2n) is 35.0. The van der Waals surface area contributed by atoms with Crippen LogP contribution in [0.2, 0.25) is 0 Å². The second-order valence-corrected chi connectivity index (χ2v) is 37.5. The first-order valence-corrected chi connectivity index (χ1v) is 48.6. The van der Waals surface area contributed by atoms with Gasteiger partial charge >= 0.3 is 31.0 Å². The van der Waals surface area contributed by atoms with Crippen molar-refractivity contribution in [3.8, 4) is 0 Å². The van der Waals surface area contributed by atoms with E-state index in [1.165, 1.54) is 42.9 Å². The van der Waals surface area contributed by atoms with Crippen molar-refractivity contribution in [1.29, 1.82) is 0 Å². The third-order valence-electron chi connectivity index (χ3n) is 23.0. The highest BCUT2D eigenvalue weighted by Gasteiger charge is 2.40. The lowest BCUT2D eigenvalue weighted by molar-refractivity contribution is -0.142. The van der Waals surface area contributed by atoms with Gasteiger partial charge in [-0.15, -0.1) is 0 Å². The summed E-state index contributed by atoms with van der Waals surface area (Å²) in [5.74, 6) is -26.1. The molecule has 0 fully saturated rings. The summed E-state index contributed by atoms with van der Waals surface area (Å²) in [7, 11) is 0.198. The van der Waals surface area contributed by atoms with Gasteiger partial charge in [0.15, 0.2) is 28.5 Å². The van der Waals surface area contributed by atoms with Crippen LogP contribution in [0.3, 0.4) is 0 Å². The van der Waals surface area contributed by atoms with Crippen LogP contribution in [-0.2, 0) is 81.0 Å². The molecule has 0 aliphatic rings. The lowest BCUT2D eigenvalue weighted by Gasteiger charge is -2.26. The molecular formula is C89H129BN16O37S2. The number of anilines is 2. The SMILES string of the molecule is CC(C)C[C@H](NC[C@@H](CC(=O)c1cnc(CSSC[C@H](NC(=O)[C@H](CCC(=O)NC[C@H](O)[C@@H](O)[C@H](O)[C@H](O)CO)CC(=O)[C@H](CCC(=O)O)NC(=O)[C@H](CCC(=O)NC[C@H](O)[C@@H](O)[C@H](O)[C@H](O)CO)CC(=O)[C@H](CCC(=O)O)NC(=O)[C@H](CCC(=O)NC[C@H](O)[C@@H](O)[C@H](O)[C@H](O)CO)CC(=O)CC[C@H](NC(=O)c2ccc(NCc3cnc4nc(N)[nH]c(=O)c4n3)cc2)C(=O)O)C(=O)O)cn1)Cc1ccccc1)B(O)O. The number of ketones is 4. The molecule has 3 heterocycles. The summed E-state index contributed by atoms with van der Waals surface area (Å²) in [5.41, 5.74) is 6.59. The number of hydrogen-bond donors (Lipinski definition) is 32. The standard InChI is InChI=1S/C89H129BN16O37S2/c1-43(2)24-68(90(142)143)95-30-45(25-44-6-4-3-5-7-44)26-59(111)57-34-93-52(33-94-57)41-144-145-42-58(88(140)141)104-85(136)49(12-21-71(122)98-37-64(116)77(129)80(132)67(119)40-109)29-61(113)55(18-23-73(125)126)102-84(135)48(11-20-70(121)97-36-63(115)76(128)79(131)66(118)39-108)28-60(112)54(17-22-72(123)124)101-83(134)47(10-19-69(120)96-35-62(114)75(127)78(130)65(117)38-107)27-53(110)15-16-56(87(138)139)103-82(133)46-8-13-50(14-9-46)92-31-51-32-99-81-74(100-51)86(137)106-89(91)105-81/h3-9,13-14,32-34,43,45,47-49,54-56,58,62-68,75-80,92,95,107-109,114-119,127-132,142-143H,10-12,15-31,35-42H2,1-2H3,(H,96,120)(H,97,121)(H,98,122)(H,101,134)(H,102,135)(H,103,133)(H,104,136)(H,123,124)(H,125,126)(H,138,139)(H,140,141)(H3,91,99,105,106,137)/t45-,47-,48-,49-,54+,55+,56+,58+,62+,63+,64+,65-,66-,67-,68+,75-,76-,77-,78-,79-,80-/m1/s1. The molecule has 5 aromatic rings. The van der Waals surface area contributed by atoms with Gasteiger partial charge in [-0.1, -0.05) is 65.8 Å². The summed E-state index contributed by atoms with van der Waals surface area (Å²) in [4.78, 5) is 243. The Morgan fingerprint density at radius 2 is 0.917 bits per heavy atom. The molecule has 0 saturated heterocycles. The number of nitrogens with one attached hydrogen (secondary N) is 10. The van der Waals surface area contributed by atoms with E-state index in [1.54, 1.807) is 0 Å². The van der Waals surface area contributed by atoms with Crippen LogP contribution in [0.25, 0.3) is 11.2 Å². The Morgan fingerprint density at radius 3 is 1.35 bits per heavy atom.